The first kappa shape index (κ1) is 12.1. The zero-order chi connectivity index (χ0) is 13.2. The van der Waals surface area contributed by atoms with Crippen LogP contribution in [0.25, 0.3) is 0 Å². The Labute approximate surface area is 112 Å². The van der Waals surface area contributed by atoms with Gasteiger partial charge in [-0.1, -0.05) is 6.58 Å². The van der Waals surface area contributed by atoms with E-state index in [2.05, 4.69) is 16.5 Å². The van der Waals surface area contributed by atoms with Crippen LogP contribution in [0.3, 0.4) is 0 Å². The van der Waals surface area contributed by atoms with Crippen molar-refractivity contribution in [2.45, 2.75) is 43.9 Å². The number of nitrogens with zero attached hydrogens (tertiary/aromatic N) is 3. The lowest BCUT2D eigenvalue weighted by atomic mass is 9.99. The summed E-state index contributed by atoms with van der Waals surface area (Å²) in [5.74, 6) is 0.0434. The van der Waals surface area contributed by atoms with E-state index in [1.807, 2.05) is 4.90 Å². The molecule has 0 radical (unpaired) electrons. The molecule has 19 heavy (non-hydrogen) atoms. The minimum Gasteiger partial charge on any atom is -0.460 e. The number of hydrogen-bond acceptors (Lipinski definition) is 4. The van der Waals surface area contributed by atoms with Crippen LogP contribution in [0.2, 0.25) is 0 Å². The van der Waals surface area contributed by atoms with Gasteiger partial charge in [0.15, 0.2) is 0 Å². The van der Waals surface area contributed by atoms with Crippen LogP contribution in [0.1, 0.15) is 25.7 Å². The van der Waals surface area contributed by atoms with Crippen LogP contribution in [-0.2, 0) is 4.79 Å². The molecule has 3 atom stereocenters. The van der Waals surface area contributed by atoms with E-state index in [0.29, 0.717) is 6.01 Å². The number of ether oxygens (including phenoxy) is 1. The van der Waals surface area contributed by atoms with Crippen LogP contribution >= 0.6 is 0 Å². The van der Waals surface area contributed by atoms with Gasteiger partial charge in [-0.05, 0) is 25.0 Å². The molecule has 100 valence electrons. The van der Waals surface area contributed by atoms with Gasteiger partial charge in [0.1, 0.15) is 6.10 Å². The summed E-state index contributed by atoms with van der Waals surface area (Å²) in [7, 11) is 0. The Hall–Kier alpha value is -1.91. The van der Waals surface area contributed by atoms with Crippen LogP contribution in [0.15, 0.2) is 31.1 Å². The maximum Gasteiger partial charge on any atom is 0.316 e. The van der Waals surface area contributed by atoms with Gasteiger partial charge in [-0.2, -0.15) is 0 Å². The summed E-state index contributed by atoms with van der Waals surface area (Å²) in [6.45, 7) is 3.58. The highest BCUT2D eigenvalue weighted by Gasteiger charge is 2.43. The monoisotopic (exact) mass is 259 g/mol. The fraction of sp³-hybridized carbons (Fsp3) is 0.500. The van der Waals surface area contributed by atoms with Crippen molar-refractivity contribution in [3.05, 3.63) is 31.1 Å². The Bertz CT molecular complexity index is 463. The Morgan fingerprint density at radius 2 is 1.95 bits per heavy atom. The highest BCUT2D eigenvalue weighted by atomic mass is 16.5. The first-order valence-corrected chi connectivity index (χ1v) is 6.66. The topological polar surface area (TPSA) is 55.3 Å². The summed E-state index contributed by atoms with van der Waals surface area (Å²) in [5.41, 5.74) is 0. The molecule has 3 rings (SSSR count). The van der Waals surface area contributed by atoms with E-state index in [1.165, 1.54) is 6.08 Å². The van der Waals surface area contributed by atoms with Crippen LogP contribution in [0.4, 0.5) is 0 Å². The minimum absolute atomic E-state index is 0.0434. The van der Waals surface area contributed by atoms with E-state index in [9.17, 15) is 4.79 Å². The van der Waals surface area contributed by atoms with E-state index in [4.69, 9.17) is 4.74 Å². The Balaban J connectivity index is 1.67. The van der Waals surface area contributed by atoms with Gasteiger partial charge in [0.05, 0.1) is 0 Å². The van der Waals surface area contributed by atoms with Crippen LogP contribution in [-0.4, -0.2) is 39.0 Å². The van der Waals surface area contributed by atoms with Gasteiger partial charge >= 0.3 is 6.01 Å². The average Bonchev–Trinajstić information content (AvgIpc) is 2.71. The molecule has 2 aliphatic rings. The smallest absolute Gasteiger partial charge is 0.316 e. The first-order valence-electron chi connectivity index (χ1n) is 6.66. The highest BCUT2D eigenvalue weighted by Crippen LogP contribution is 2.36. The fourth-order valence-corrected chi connectivity index (χ4v) is 3.18. The number of hydrogen-bond donors (Lipinski definition) is 0. The number of fused-ring (bicyclic) bond motifs is 2. The third kappa shape index (κ3) is 2.32. The Morgan fingerprint density at radius 1 is 1.32 bits per heavy atom. The van der Waals surface area contributed by atoms with Crippen molar-refractivity contribution in [1.82, 2.24) is 14.9 Å². The molecule has 1 aromatic rings. The van der Waals surface area contributed by atoms with E-state index in [-0.39, 0.29) is 24.1 Å². The fourth-order valence-electron chi connectivity index (χ4n) is 3.18. The molecular weight excluding hydrogens is 242 g/mol. The number of carbonyl (C=O) groups is 1. The Kier molecular flexibility index (Phi) is 3.19. The van der Waals surface area contributed by atoms with Gasteiger partial charge in [0, 0.05) is 37.3 Å². The summed E-state index contributed by atoms with van der Waals surface area (Å²) in [5, 5.41) is 0. The molecule has 0 aliphatic carbocycles. The second-order valence-electron chi connectivity index (χ2n) is 5.08. The second kappa shape index (κ2) is 4.99. The van der Waals surface area contributed by atoms with Crippen LogP contribution < -0.4 is 4.74 Å². The van der Waals surface area contributed by atoms with E-state index < -0.39 is 0 Å². The zero-order valence-corrected chi connectivity index (χ0v) is 10.7. The molecule has 2 saturated heterocycles. The molecule has 2 fully saturated rings. The summed E-state index contributed by atoms with van der Waals surface area (Å²) < 4.78 is 5.81. The second-order valence-corrected chi connectivity index (χ2v) is 5.08. The van der Waals surface area contributed by atoms with Crippen LogP contribution in [0, 0.1) is 0 Å². The highest BCUT2D eigenvalue weighted by molar-refractivity contribution is 5.87. The van der Waals surface area contributed by atoms with Crippen molar-refractivity contribution in [2.24, 2.45) is 0 Å². The van der Waals surface area contributed by atoms with Gasteiger partial charge in [0.2, 0.25) is 5.91 Å². The maximum absolute atomic E-state index is 11.8. The lowest BCUT2D eigenvalue weighted by molar-refractivity contribution is -0.131. The predicted molar refractivity (Wildman–Crippen MR) is 69.5 cm³/mol. The molecule has 3 heterocycles. The van der Waals surface area contributed by atoms with Crippen molar-refractivity contribution in [1.29, 1.82) is 0 Å². The minimum atomic E-state index is 0.0434. The van der Waals surface area contributed by atoms with Gasteiger partial charge in [0.25, 0.3) is 0 Å². The lowest BCUT2D eigenvalue weighted by Gasteiger charge is -2.37. The predicted octanol–water partition coefficient (Wildman–Crippen LogP) is 1.56. The zero-order valence-electron chi connectivity index (χ0n) is 10.7. The average molecular weight is 259 g/mol. The van der Waals surface area contributed by atoms with Crippen molar-refractivity contribution < 1.29 is 9.53 Å². The molecule has 2 bridgehead atoms. The molecule has 0 spiro atoms. The van der Waals surface area contributed by atoms with Gasteiger partial charge in [-0.25, -0.2) is 9.97 Å². The summed E-state index contributed by atoms with van der Waals surface area (Å²) >= 11 is 0. The molecule has 5 nitrogen and oxygen atoms in total. The molecule has 1 aromatic heterocycles. The number of amides is 1. The molecule has 0 aromatic carbocycles. The van der Waals surface area contributed by atoms with Gasteiger partial charge in [-0.15, -0.1) is 0 Å². The normalized spacial score (nSPS) is 29.1. The molecule has 5 heteroatoms. The van der Waals surface area contributed by atoms with E-state index in [1.54, 1.807) is 18.5 Å². The van der Waals surface area contributed by atoms with Gasteiger partial charge < -0.3 is 9.64 Å². The summed E-state index contributed by atoms with van der Waals surface area (Å²) in [6, 6.07) is 2.74. The maximum atomic E-state index is 11.8. The van der Waals surface area contributed by atoms with E-state index in [0.717, 1.165) is 25.7 Å². The summed E-state index contributed by atoms with van der Waals surface area (Å²) in [6.07, 6.45) is 8.68. The number of carbonyl (C=O) groups excluding carboxylic acids is 1. The quantitative estimate of drug-likeness (QED) is 0.773. The standard InChI is InChI=1S/C14H17N3O2/c1-2-13(18)17-10-4-5-11(17)9-12(8-10)19-14-15-6-3-7-16-14/h2-3,6-7,10-12H,1,4-5,8-9H2/t10-,11?,12+/m0/s1. The molecular formula is C14H17N3O2. The molecule has 1 unspecified atom stereocenters. The van der Waals surface area contributed by atoms with Crippen molar-refractivity contribution in [2.75, 3.05) is 0 Å². The third-order valence-corrected chi connectivity index (χ3v) is 3.93. The van der Waals surface area contributed by atoms with Crippen molar-refractivity contribution >= 4 is 5.91 Å². The lowest BCUT2D eigenvalue weighted by Crippen LogP contribution is -2.48. The third-order valence-electron chi connectivity index (χ3n) is 3.93. The van der Waals surface area contributed by atoms with Crippen LogP contribution in [0.5, 0.6) is 6.01 Å². The number of piperidine rings is 1. The molecule has 1 amide bonds. The summed E-state index contributed by atoms with van der Waals surface area (Å²) in [4.78, 5) is 22.0. The first-order chi connectivity index (χ1) is 9.28. The molecule has 0 N–H and O–H groups in total. The van der Waals surface area contributed by atoms with Gasteiger partial charge in [-0.3, -0.25) is 4.79 Å². The molecule has 2 aliphatic heterocycles. The van der Waals surface area contributed by atoms with E-state index >= 15 is 0 Å². The van der Waals surface area contributed by atoms with Crippen molar-refractivity contribution in [3.8, 4) is 6.01 Å². The largest absolute Gasteiger partial charge is 0.460 e. The SMILES string of the molecule is C=CC(=O)N1C2CC[C@H]1C[C@@H](Oc1ncccn1)C2. The molecule has 0 saturated carbocycles. The van der Waals surface area contributed by atoms with Crippen molar-refractivity contribution in [3.63, 3.8) is 0 Å². The number of rotatable bonds is 3. The Morgan fingerprint density at radius 3 is 2.53 bits per heavy atom. The number of aromatic nitrogens is 2.